The number of aromatic carboxylic acids is 1. The maximum atomic E-state index is 12.2. The molecule has 0 unspecified atom stereocenters. The van der Waals surface area contributed by atoms with Crippen LogP contribution in [0.4, 0.5) is 0 Å². The number of carbonyl (C=O) groups excluding carboxylic acids is 1. The minimum atomic E-state index is -0.983. The van der Waals surface area contributed by atoms with E-state index < -0.39 is 5.97 Å². The van der Waals surface area contributed by atoms with Gasteiger partial charge in [0.15, 0.2) is 12.6 Å². The van der Waals surface area contributed by atoms with Gasteiger partial charge in [-0.1, -0.05) is 18.2 Å². The predicted molar refractivity (Wildman–Crippen MR) is 96.5 cm³/mol. The molecule has 0 heterocycles. The number of allylic oxidation sites excluding steroid dienone is 1. The largest absolute Gasteiger partial charge is 0.478 e. The quantitative estimate of drug-likeness (QED) is 0.304. The molecule has 0 aliphatic rings. The summed E-state index contributed by atoms with van der Waals surface area (Å²) >= 11 is 0. The number of rotatable bonds is 10. The molecular weight excluding hydrogens is 336 g/mol. The summed E-state index contributed by atoms with van der Waals surface area (Å²) in [4.78, 5) is 23.0. The lowest BCUT2D eigenvalue weighted by atomic mass is 10.1. The van der Waals surface area contributed by atoms with E-state index >= 15 is 0 Å². The zero-order valence-electron chi connectivity index (χ0n) is 14.4. The Hall–Kier alpha value is -2.96. The van der Waals surface area contributed by atoms with Gasteiger partial charge in [-0.15, -0.1) is 0 Å². The van der Waals surface area contributed by atoms with Gasteiger partial charge in [0.05, 0.1) is 18.8 Å². The van der Waals surface area contributed by atoms with Crippen LogP contribution in [0.3, 0.4) is 0 Å². The van der Waals surface area contributed by atoms with Crippen molar-refractivity contribution in [3.63, 3.8) is 0 Å². The molecular formula is C20H20O6. The number of carboxylic acid groups (broad SMARTS) is 1. The number of benzene rings is 2. The number of carboxylic acids is 1. The summed E-state index contributed by atoms with van der Waals surface area (Å²) in [6.45, 7) is 1.07. The molecule has 26 heavy (non-hydrogen) atoms. The van der Waals surface area contributed by atoms with Crippen LogP contribution in [0.2, 0.25) is 0 Å². The Morgan fingerprint density at radius 3 is 2.23 bits per heavy atom. The molecule has 6 nitrogen and oxygen atoms in total. The van der Waals surface area contributed by atoms with Crippen molar-refractivity contribution in [1.82, 2.24) is 0 Å². The van der Waals surface area contributed by atoms with Gasteiger partial charge < -0.3 is 19.3 Å². The Balaban J connectivity index is 1.87. The molecule has 0 saturated heterocycles. The molecule has 0 aliphatic carbocycles. The SMILES string of the molecule is COCCOCOc1ccc(C(=O)/C=C/c2ccc(C(=O)O)cc2)cc1. The van der Waals surface area contributed by atoms with Gasteiger partial charge in [-0.2, -0.15) is 0 Å². The first kappa shape index (κ1) is 19.4. The Kier molecular flexibility index (Phi) is 7.54. The van der Waals surface area contributed by atoms with Gasteiger partial charge in [-0.05, 0) is 48.0 Å². The van der Waals surface area contributed by atoms with E-state index in [-0.39, 0.29) is 18.1 Å². The average Bonchev–Trinajstić information content (AvgIpc) is 2.66. The van der Waals surface area contributed by atoms with Crippen LogP contribution in [-0.4, -0.2) is 44.0 Å². The van der Waals surface area contributed by atoms with Crippen molar-refractivity contribution in [2.24, 2.45) is 0 Å². The number of carbonyl (C=O) groups is 2. The minimum absolute atomic E-state index is 0.114. The highest BCUT2D eigenvalue weighted by Gasteiger charge is 2.03. The number of methoxy groups -OCH3 is 1. The summed E-state index contributed by atoms with van der Waals surface area (Å²) in [6, 6.07) is 13.0. The summed E-state index contributed by atoms with van der Waals surface area (Å²) in [5.41, 5.74) is 1.47. The number of hydrogen-bond donors (Lipinski definition) is 1. The van der Waals surface area contributed by atoms with E-state index in [1.54, 1.807) is 49.6 Å². The Morgan fingerprint density at radius 1 is 0.962 bits per heavy atom. The van der Waals surface area contributed by atoms with Crippen LogP contribution in [0.5, 0.6) is 5.75 Å². The Bertz CT molecular complexity index is 747. The first-order valence-electron chi connectivity index (χ1n) is 7.95. The molecule has 2 aromatic carbocycles. The lowest BCUT2D eigenvalue weighted by molar-refractivity contribution is -0.00847. The monoisotopic (exact) mass is 356 g/mol. The summed E-state index contributed by atoms with van der Waals surface area (Å²) in [6.07, 6.45) is 3.08. The molecule has 0 atom stereocenters. The predicted octanol–water partition coefficient (Wildman–Crippen LogP) is 3.28. The van der Waals surface area contributed by atoms with Crippen molar-refractivity contribution in [1.29, 1.82) is 0 Å². The van der Waals surface area contributed by atoms with Crippen molar-refractivity contribution in [2.45, 2.75) is 0 Å². The second-order valence-corrected chi connectivity index (χ2v) is 5.31. The van der Waals surface area contributed by atoms with E-state index in [0.717, 1.165) is 5.56 Å². The third-order valence-corrected chi connectivity index (χ3v) is 3.46. The van der Waals surface area contributed by atoms with Crippen LogP contribution >= 0.6 is 0 Å². The molecule has 0 aromatic heterocycles. The fraction of sp³-hybridized carbons (Fsp3) is 0.200. The van der Waals surface area contributed by atoms with E-state index in [1.165, 1.54) is 18.2 Å². The Morgan fingerprint density at radius 2 is 1.62 bits per heavy atom. The van der Waals surface area contributed by atoms with Crippen LogP contribution in [0, 0.1) is 0 Å². The highest BCUT2D eigenvalue weighted by atomic mass is 16.7. The zero-order valence-corrected chi connectivity index (χ0v) is 14.4. The van der Waals surface area contributed by atoms with Gasteiger partial charge in [0.1, 0.15) is 5.75 Å². The molecule has 136 valence electrons. The van der Waals surface area contributed by atoms with Gasteiger partial charge in [0.25, 0.3) is 0 Å². The summed E-state index contributed by atoms with van der Waals surface area (Å²) < 4.78 is 15.5. The van der Waals surface area contributed by atoms with Crippen molar-refractivity contribution in [3.8, 4) is 5.75 Å². The topological polar surface area (TPSA) is 82.1 Å². The third kappa shape index (κ3) is 6.16. The second-order valence-electron chi connectivity index (χ2n) is 5.31. The van der Waals surface area contributed by atoms with E-state index in [2.05, 4.69) is 0 Å². The van der Waals surface area contributed by atoms with Crippen molar-refractivity contribution in [2.75, 3.05) is 27.1 Å². The number of hydrogen-bond acceptors (Lipinski definition) is 5. The zero-order chi connectivity index (χ0) is 18.8. The summed E-state index contributed by atoms with van der Waals surface area (Å²) in [5, 5.41) is 8.86. The highest BCUT2D eigenvalue weighted by molar-refractivity contribution is 6.06. The standard InChI is InChI=1S/C20H20O6/c1-24-12-13-25-14-26-18-9-7-16(8-10-18)19(21)11-4-15-2-5-17(6-3-15)20(22)23/h2-11H,12-14H2,1H3,(H,22,23)/b11-4+. The van der Waals surface area contributed by atoms with Gasteiger partial charge in [-0.3, -0.25) is 4.79 Å². The first-order chi connectivity index (χ1) is 12.6. The fourth-order valence-corrected chi connectivity index (χ4v) is 2.03. The van der Waals surface area contributed by atoms with E-state index in [9.17, 15) is 9.59 Å². The van der Waals surface area contributed by atoms with E-state index in [1.807, 2.05) is 0 Å². The van der Waals surface area contributed by atoms with Crippen LogP contribution < -0.4 is 4.74 Å². The van der Waals surface area contributed by atoms with Gasteiger partial charge in [0, 0.05) is 12.7 Å². The molecule has 0 fully saturated rings. The normalized spacial score (nSPS) is 10.8. The third-order valence-electron chi connectivity index (χ3n) is 3.46. The van der Waals surface area contributed by atoms with Gasteiger partial charge in [0.2, 0.25) is 0 Å². The molecule has 0 radical (unpaired) electrons. The lowest BCUT2D eigenvalue weighted by Gasteiger charge is -2.07. The van der Waals surface area contributed by atoms with Gasteiger partial charge in [-0.25, -0.2) is 4.79 Å². The molecule has 2 aromatic rings. The molecule has 0 amide bonds. The lowest BCUT2D eigenvalue weighted by Crippen LogP contribution is -2.07. The average molecular weight is 356 g/mol. The molecule has 2 rings (SSSR count). The smallest absolute Gasteiger partial charge is 0.335 e. The minimum Gasteiger partial charge on any atom is -0.478 e. The van der Waals surface area contributed by atoms with Crippen LogP contribution in [-0.2, 0) is 9.47 Å². The Labute approximate surface area is 151 Å². The number of ketones is 1. The molecule has 0 saturated carbocycles. The van der Waals surface area contributed by atoms with Gasteiger partial charge >= 0.3 is 5.97 Å². The van der Waals surface area contributed by atoms with E-state index in [4.69, 9.17) is 19.3 Å². The fourth-order valence-electron chi connectivity index (χ4n) is 2.03. The molecule has 0 bridgehead atoms. The van der Waals surface area contributed by atoms with Crippen LogP contribution in [0.1, 0.15) is 26.3 Å². The molecule has 0 spiro atoms. The van der Waals surface area contributed by atoms with Crippen LogP contribution in [0.15, 0.2) is 54.6 Å². The number of ether oxygens (including phenoxy) is 3. The van der Waals surface area contributed by atoms with Crippen molar-refractivity contribution >= 4 is 17.8 Å². The first-order valence-corrected chi connectivity index (χ1v) is 7.95. The molecule has 0 aliphatic heterocycles. The second kappa shape index (κ2) is 10.1. The van der Waals surface area contributed by atoms with E-state index in [0.29, 0.717) is 24.5 Å². The highest BCUT2D eigenvalue weighted by Crippen LogP contribution is 2.14. The van der Waals surface area contributed by atoms with Crippen LogP contribution in [0.25, 0.3) is 6.08 Å². The summed E-state index contributed by atoms with van der Waals surface area (Å²) in [7, 11) is 1.60. The molecule has 1 N–H and O–H groups in total. The van der Waals surface area contributed by atoms with Crippen molar-refractivity contribution in [3.05, 3.63) is 71.3 Å². The molecule has 6 heteroatoms. The van der Waals surface area contributed by atoms with Crippen molar-refractivity contribution < 1.29 is 28.9 Å². The maximum Gasteiger partial charge on any atom is 0.335 e. The maximum absolute atomic E-state index is 12.2. The summed E-state index contributed by atoms with van der Waals surface area (Å²) in [5.74, 6) is -0.537.